The summed E-state index contributed by atoms with van der Waals surface area (Å²) in [5.74, 6) is -1.23. The summed E-state index contributed by atoms with van der Waals surface area (Å²) >= 11 is 0.443. The van der Waals surface area contributed by atoms with Crippen LogP contribution in [0.15, 0.2) is 24.8 Å². The fraction of sp³-hybridized carbons (Fsp3) is 0.476. The molecular weight excluding hydrogens is 512 g/mol. The zero-order chi connectivity index (χ0) is 26.3. The first-order valence-corrected chi connectivity index (χ1v) is 11.7. The number of carbonyl (C=O) groups excluding carboxylic acids is 1. The Morgan fingerprint density at radius 2 is 1.81 bits per heavy atom. The van der Waals surface area contributed by atoms with Crippen molar-refractivity contribution in [1.29, 1.82) is 0 Å². The van der Waals surface area contributed by atoms with Crippen LogP contribution in [0.1, 0.15) is 41.3 Å². The van der Waals surface area contributed by atoms with E-state index in [0.29, 0.717) is 30.1 Å². The molecule has 1 N–H and O–H groups in total. The highest BCUT2D eigenvalue weighted by atomic mass is 32.1. The zero-order valence-electron chi connectivity index (χ0n) is 19.1. The molecule has 0 saturated carbocycles. The number of halogens is 6. The minimum Gasteiger partial charge on any atom is -0.328 e. The molecule has 8 nitrogen and oxygen atoms in total. The number of hydrogen-bond donors (Lipinski definition) is 1. The number of aromatic nitrogens is 5. The molecule has 1 saturated heterocycles. The Balaban J connectivity index is 1.74. The number of nitrogens with zero attached hydrogens (tertiary/aromatic N) is 6. The molecule has 0 radical (unpaired) electrons. The Morgan fingerprint density at radius 1 is 1.11 bits per heavy atom. The zero-order valence-corrected chi connectivity index (χ0v) is 19.9. The van der Waals surface area contributed by atoms with Crippen molar-refractivity contribution in [3.8, 4) is 11.1 Å². The normalized spacial score (nSPS) is 19.1. The summed E-state index contributed by atoms with van der Waals surface area (Å²) in [5, 5.41) is 7.32. The van der Waals surface area contributed by atoms with Crippen molar-refractivity contribution in [3.05, 3.63) is 46.2 Å². The number of aryl methyl sites for hydroxylation is 1. The predicted molar refractivity (Wildman–Crippen MR) is 117 cm³/mol. The van der Waals surface area contributed by atoms with E-state index >= 15 is 0 Å². The maximum atomic E-state index is 13.7. The van der Waals surface area contributed by atoms with Crippen LogP contribution in [0.3, 0.4) is 0 Å². The van der Waals surface area contributed by atoms with Gasteiger partial charge in [0.1, 0.15) is 23.6 Å². The van der Waals surface area contributed by atoms with Crippen molar-refractivity contribution in [2.75, 3.05) is 13.1 Å². The van der Waals surface area contributed by atoms with Gasteiger partial charge in [0, 0.05) is 53.9 Å². The van der Waals surface area contributed by atoms with Crippen LogP contribution in [0, 0.1) is 0 Å². The van der Waals surface area contributed by atoms with E-state index in [-0.39, 0.29) is 41.0 Å². The van der Waals surface area contributed by atoms with Crippen LogP contribution < -0.4 is 5.32 Å². The second-order valence-electron chi connectivity index (χ2n) is 8.22. The molecule has 0 aliphatic carbocycles. The lowest BCUT2D eigenvalue weighted by molar-refractivity contribution is -0.145. The standard InChI is InChI=1S/C21H21F6N7OS/c1-3-16-31-10-33(32-16)9-17(35)34-11(2)5-28-8-14(34)18-13(4-15(36-18)20(22,23)24)12-6-29-19(30-7-12)21(25,26)27/h4,6-7,10-11,14,28H,3,5,8-9H2,1-2H3. The van der Waals surface area contributed by atoms with Crippen LogP contribution >= 0.6 is 11.3 Å². The first-order chi connectivity index (χ1) is 16.9. The fourth-order valence-electron chi connectivity index (χ4n) is 3.99. The third-order valence-electron chi connectivity index (χ3n) is 5.63. The summed E-state index contributed by atoms with van der Waals surface area (Å²) in [4.78, 5) is 24.7. The molecule has 2 atom stereocenters. The number of rotatable bonds is 5. The van der Waals surface area contributed by atoms with Crippen molar-refractivity contribution >= 4 is 17.2 Å². The molecule has 3 aromatic rings. The SMILES string of the molecule is CCc1ncn(CC(=O)N2C(C)CNCC2c2sc(C(F)(F)F)cc2-c2cnc(C(F)(F)F)nc2)n1. The Labute approximate surface area is 205 Å². The van der Waals surface area contributed by atoms with Crippen LogP contribution in [0.2, 0.25) is 0 Å². The van der Waals surface area contributed by atoms with Crippen molar-refractivity contribution in [3.63, 3.8) is 0 Å². The third-order valence-corrected chi connectivity index (χ3v) is 6.91. The Morgan fingerprint density at radius 3 is 2.39 bits per heavy atom. The second kappa shape index (κ2) is 9.76. The lowest BCUT2D eigenvalue weighted by Crippen LogP contribution is -2.54. The number of nitrogens with one attached hydrogen (secondary N) is 1. The molecule has 0 bridgehead atoms. The lowest BCUT2D eigenvalue weighted by Gasteiger charge is -2.41. The minimum atomic E-state index is -4.79. The van der Waals surface area contributed by atoms with Gasteiger partial charge in [0.05, 0.1) is 6.04 Å². The molecule has 194 valence electrons. The van der Waals surface area contributed by atoms with E-state index in [0.717, 1.165) is 18.5 Å². The summed E-state index contributed by atoms with van der Waals surface area (Å²) in [6, 6.07) is -0.328. The fourth-order valence-corrected chi connectivity index (χ4v) is 5.14. The van der Waals surface area contributed by atoms with Crippen molar-refractivity contribution in [2.24, 2.45) is 0 Å². The summed E-state index contributed by atoms with van der Waals surface area (Å²) in [6.07, 6.45) is -5.81. The van der Waals surface area contributed by atoms with Crippen molar-refractivity contribution < 1.29 is 31.1 Å². The van der Waals surface area contributed by atoms with Crippen molar-refractivity contribution in [1.82, 2.24) is 34.9 Å². The van der Waals surface area contributed by atoms with Gasteiger partial charge in [-0.3, -0.25) is 4.79 Å². The van der Waals surface area contributed by atoms with Crippen LogP contribution in [-0.4, -0.2) is 54.7 Å². The van der Waals surface area contributed by atoms with E-state index in [2.05, 4.69) is 25.4 Å². The van der Waals surface area contributed by atoms with Gasteiger partial charge in [-0.2, -0.15) is 31.4 Å². The first kappa shape index (κ1) is 26.0. The predicted octanol–water partition coefficient (Wildman–Crippen LogP) is 3.96. The monoisotopic (exact) mass is 533 g/mol. The van der Waals surface area contributed by atoms with Crippen LogP contribution in [0.4, 0.5) is 26.3 Å². The second-order valence-corrected chi connectivity index (χ2v) is 9.30. The van der Waals surface area contributed by atoms with Gasteiger partial charge in [-0.1, -0.05) is 6.92 Å². The van der Waals surface area contributed by atoms with Gasteiger partial charge < -0.3 is 10.2 Å². The molecule has 0 aromatic carbocycles. The molecule has 3 aromatic heterocycles. The lowest BCUT2D eigenvalue weighted by atomic mass is 10.0. The van der Waals surface area contributed by atoms with E-state index in [9.17, 15) is 31.1 Å². The van der Waals surface area contributed by atoms with Gasteiger partial charge in [-0.25, -0.2) is 19.6 Å². The van der Waals surface area contributed by atoms with Gasteiger partial charge in [0.25, 0.3) is 0 Å². The molecule has 1 aliphatic heterocycles. The molecule has 1 aliphatic rings. The quantitative estimate of drug-likeness (QED) is 0.500. The van der Waals surface area contributed by atoms with E-state index < -0.39 is 29.1 Å². The summed E-state index contributed by atoms with van der Waals surface area (Å²) in [7, 11) is 0. The molecule has 2 unspecified atom stereocenters. The topological polar surface area (TPSA) is 88.8 Å². The largest absolute Gasteiger partial charge is 0.451 e. The van der Waals surface area contributed by atoms with Gasteiger partial charge in [-0.15, -0.1) is 11.3 Å². The molecular formula is C21H21F6N7OS. The van der Waals surface area contributed by atoms with Crippen LogP contribution in [0.25, 0.3) is 11.1 Å². The molecule has 4 rings (SSSR count). The Bertz CT molecular complexity index is 1220. The molecule has 1 fully saturated rings. The first-order valence-electron chi connectivity index (χ1n) is 10.9. The summed E-state index contributed by atoms with van der Waals surface area (Å²) in [6.45, 7) is 4.02. The highest BCUT2D eigenvalue weighted by molar-refractivity contribution is 7.12. The number of alkyl halides is 6. The van der Waals surface area contributed by atoms with Gasteiger partial charge in [0.15, 0.2) is 0 Å². The Kier molecular flexibility index (Phi) is 7.05. The van der Waals surface area contributed by atoms with Crippen LogP contribution in [-0.2, 0) is 30.1 Å². The average Bonchev–Trinajstić information content (AvgIpc) is 3.45. The van der Waals surface area contributed by atoms with E-state index in [1.165, 1.54) is 15.9 Å². The highest BCUT2D eigenvalue weighted by Crippen LogP contribution is 2.45. The number of thiophene rings is 1. The number of piperazine rings is 1. The van der Waals surface area contributed by atoms with E-state index in [1.54, 1.807) is 6.92 Å². The molecule has 4 heterocycles. The van der Waals surface area contributed by atoms with Gasteiger partial charge in [-0.05, 0) is 13.0 Å². The highest BCUT2D eigenvalue weighted by Gasteiger charge is 2.40. The number of carbonyl (C=O) groups is 1. The van der Waals surface area contributed by atoms with Crippen molar-refractivity contribution in [2.45, 2.75) is 51.2 Å². The number of hydrogen-bond acceptors (Lipinski definition) is 7. The van der Waals surface area contributed by atoms with Crippen LogP contribution in [0.5, 0.6) is 0 Å². The molecule has 0 spiro atoms. The molecule has 15 heteroatoms. The Hall–Kier alpha value is -3.07. The average molecular weight is 534 g/mol. The van der Waals surface area contributed by atoms with E-state index in [4.69, 9.17) is 0 Å². The summed E-state index contributed by atoms with van der Waals surface area (Å²) < 4.78 is 81.0. The smallest absolute Gasteiger partial charge is 0.328 e. The minimum absolute atomic E-state index is 0.0146. The number of amides is 1. The van der Waals surface area contributed by atoms with E-state index in [1.807, 2.05) is 6.92 Å². The van der Waals surface area contributed by atoms with Gasteiger partial charge in [0.2, 0.25) is 11.7 Å². The maximum Gasteiger partial charge on any atom is 0.451 e. The maximum absolute atomic E-state index is 13.7. The third kappa shape index (κ3) is 5.36. The molecule has 36 heavy (non-hydrogen) atoms. The van der Waals surface area contributed by atoms with Gasteiger partial charge >= 0.3 is 12.4 Å². The summed E-state index contributed by atoms with van der Waals surface area (Å²) in [5.41, 5.74) is 0.00742. The molecule has 1 amide bonds.